The van der Waals surface area contributed by atoms with E-state index < -0.39 is 29.3 Å². The molecule has 130 valence electrons. The fourth-order valence-electron chi connectivity index (χ4n) is 2.41. The van der Waals surface area contributed by atoms with Crippen molar-refractivity contribution in [3.05, 3.63) is 29.3 Å². The monoisotopic (exact) mass is 354 g/mol. The molecule has 9 heteroatoms. The van der Waals surface area contributed by atoms with Gasteiger partial charge in [-0.05, 0) is 36.1 Å². The summed E-state index contributed by atoms with van der Waals surface area (Å²) in [6, 6.07) is 4.22. The second kappa shape index (κ2) is 7.14. The number of halogens is 4. The van der Waals surface area contributed by atoms with Crippen LogP contribution in [-0.4, -0.2) is 33.9 Å². The number of fused-ring (bicyclic) bond motifs is 1. The van der Waals surface area contributed by atoms with Crippen molar-refractivity contribution in [3.8, 4) is 0 Å². The largest absolute Gasteiger partial charge is 0.389 e. The molecule has 1 aromatic carbocycles. The summed E-state index contributed by atoms with van der Waals surface area (Å²) >= 11 is 0. The molecule has 23 heavy (non-hydrogen) atoms. The minimum atomic E-state index is -4.30. The Hall–Kier alpha value is -1.19. The van der Waals surface area contributed by atoms with Crippen molar-refractivity contribution in [1.82, 2.24) is 10.0 Å². The number of hydrogen-bond donors (Lipinski definition) is 2. The molecule has 0 bridgehead atoms. The van der Waals surface area contributed by atoms with E-state index in [1.54, 1.807) is 6.07 Å². The SMILES string of the molecule is O=S(=O)(NCCCC(F)(F)F)c1ccc2c(c1)CNC(CF)C2. The van der Waals surface area contributed by atoms with E-state index in [9.17, 15) is 26.0 Å². The van der Waals surface area contributed by atoms with Crippen molar-refractivity contribution < 1.29 is 26.0 Å². The molecule has 1 aromatic rings. The molecule has 0 amide bonds. The van der Waals surface area contributed by atoms with Crippen LogP contribution in [0.3, 0.4) is 0 Å². The summed E-state index contributed by atoms with van der Waals surface area (Å²) in [6.45, 7) is -0.414. The molecule has 1 aliphatic heterocycles. The highest BCUT2D eigenvalue weighted by Gasteiger charge is 2.26. The van der Waals surface area contributed by atoms with E-state index in [1.165, 1.54) is 12.1 Å². The van der Waals surface area contributed by atoms with Crippen LogP contribution in [0.5, 0.6) is 0 Å². The lowest BCUT2D eigenvalue weighted by atomic mass is 9.96. The summed E-state index contributed by atoms with van der Waals surface area (Å²) in [5, 5.41) is 2.96. The van der Waals surface area contributed by atoms with Gasteiger partial charge in [-0.15, -0.1) is 0 Å². The average molecular weight is 354 g/mol. The van der Waals surface area contributed by atoms with Gasteiger partial charge in [0.15, 0.2) is 0 Å². The van der Waals surface area contributed by atoms with Crippen molar-refractivity contribution in [2.75, 3.05) is 13.2 Å². The first-order chi connectivity index (χ1) is 10.7. The summed E-state index contributed by atoms with van der Waals surface area (Å²) < 4.78 is 75.1. The fraction of sp³-hybridized carbons (Fsp3) is 0.571. The highest BCUT2D eigenvalue weighted by Crippen LogP contribution is 2.22. The van der Waals surface area contributed by atoms with E-state index in [-0.39, 0.29) is 23.9 Å². The van der Waals surface area contributed by atoms with Crippen molar-refractivity contribution in [2.24, 2.45) is 0 Å². The van der Waals surface area contributed by atoms with E-state index in [0.717, 1.165) is 11.1 Å². The summed E-state index contributed by atoms with van der Waals surface area (Å²) in [6.07, 6.45) is -5.16. The number of nitrogens with one attached hydrogen (secondary N) is 2. The molecule has 0 aliphatic carbocycles. The van der Waals surface area contributed by atoms with Crippen molar-refractivity contribution in [2.45, 2.75) is 42.9 Å². The van der Waals surface area contributed by atoms with Gasteiger partial charge in [0, 0.05) is 25.6 Å². The molecule has 2 N–H and O–H groups in total. The third-order valence-corrected chi connectivity index (χ3v) is 5.11. The predicted molar refractivity (Wildman–Crippen MR) is 77.2 cm³/mol. The summed E-state index contributed by atoms with van der Waals surface area (Å²) in [5.41, 5.74) is 1.63. The van der Waals surface area contributed by atoms with Gasteiger partial charge in [-0.1, -0.05) is 6.07 Å². The van der Waals surface area contributed by atoms with Crippen molar-refractivity contribution in [3.63, 3.8) is 0 Å². The molecule has 0 aromatic heterocycles. The Kier molecular flexibility index (Phi) is 5.64. The van der Waals surface area contributed by atoms with Crippen LogP contribution in [-0.2, 0) is 23.0 Å². The molecule has 0 saturated heterocycles. The fourth-order valence-corrected chi connectivity index (χ4v) is 3.54. The molecule has 2 rings (SSSR count). The van der Waals surface area contributed by atoms with Gasteiger partial charge in [-0.25, -0.2) is 17.5 Å². The lowest BCUT2D eigenvalue weighted by Crippen LogP contribution is -2.37. The molecule has 0 radical (unpaired) electrons. The first-order valence-electron chi connectivity index (χ1n) is 7.19. The third-order valence-electron chi connectivity index (χ3n) is 3.65. The second-order valence-electron chi connectivity index (χ2n) is 5.48. The van der Waals surface area contributed by atoms with Crippen LogP contribution < -0.4 is 10.0 Å². The van der Waals surface area contributed by atoms with E-state index in [0.29, 0.717) is 13.0 Å². The number of hydrogen-bond acceptors (Lipinski definition) is 3. The van der Waals surface area contributed by atoms with Gasteiger partial charge in [0.05, 0.1) is 4.90 Å². The molecule has 1 atom stereocenters. The maximum Gasteiger partial charge on any atom is 0.389 e. The Morgan fingerprint density at radius 3 is 2.65 bits per heavy atom. The van der Waals surface area contributed by atoms with Gasteiger partial charge in [-0.2, -0.15) is 13.2 Å². The molecule has 0 saturated carbocycles. The molecule has 0 spiro atoms. The first kappa shape index (κ1) is 18.2. The van der Waals surface area contributed by atoms with Gasteiger partial charge < -0.3 is 5.32 Å². The lowest BCUT2D eigenvalue weighted by Gasteiger charge is -2.24. The average Bonchev–Trinajstić information content (AvgIpc) is 2.49. The zero-order chi connectivity index (χ0) is 17.1. The van der Waals surface area contributed by atoms with Crippen LogP contribution in [0.25, 0.3) is 0 Å². The van der Waals surface area contributed by atoms with Gasteiger partial charge in [0.2, 0.25) is 10.0 Å². The topological polar surface area (TPSA) is 58.2 Å². The highest BCUT2D eigenvalue weighted by atomic mass is 32.2. The molecule has 1 unspecified atom stereocenters. The lowest BCUT2D eigenvalue weighted by molar-refractivity contribution is -0.135. The molecular formula is C14H18F4N2O2S. The highest BCUT2D eigenvalue weighted by molar-refractivity contribution is 7.89. The predicted octanol–water partition coefficient (Wildman–Crippen LogP) is 2.29. The summed E-state index contributed by atoms with van der Waals surface area (Å²) in [4.78, 5) is 0.00348. The molecule has 0 fully saturated rings. The number of rotatable bonds is 6. The van der Waals surface area contributed by atoms with Gasteiger partial charge in [0.25, 0.3) is 0 Å². The van der Waals surface area contributed by atoms with Crippen LogP contribution >= 0.6 is 0 Å². The second-order valence-corrected chi connectivity index (χ2v) is 7.25. The Morgan fingerprint density at radius 1 is 1.26 bits per heavy atom. The molecule has 1 heterocycles. The van der Waals surface area contributed by atoms with E-state index >= 15 is 0 Å². The van der Waals surface area contributed by atoms with Gasteiger partial charge in [0.1, 0.15) is 6.67 Å². The third kappa shape index (κ3) is 5.15. The molecule has 4 nitrogen and oxygen atoms in total. The molecular weight excluding hydrogens is 336 g/mol. The van der Waals surface area contributed by atoms with Crippen LogP contribution in [0.2, 0.25) is 0 Å². The zero-order valence-corrected chi connectivity index (χ0v) is 13.1. The van der Waals surface area contributed by atoms with Crippen LogP contribution in [0.4, 0.5) is 17.6 Å². The quantitative estimate of drug-likeness (QED) is 0.609. The van der Waals surface area contributed by atoms with Crippen molar-refractivity contribution >= 4 is 10.0 Å². The zero-order valence-electron chi connectivity index (χ0n) is 12.3. The number of sulfonamides is 1. The van der Waals surface area contributed by atoms with Crippen LogP contribution in [0.1, 0.15) is 24.0 Å². The van der Waals surface area contributed by atoms with Crippen LogP contribution in [0.15, 0.2) is 23.1 Å². The minimum absolute atomic E-state index is 0.00348. The Bertz CT molecular complexity index is 647. The van der Waals surface area contributed by atoms with Crippen molar-refractivity contribution in [1.29, 1.82) is 0 Å². The smallest absolute Gasteiger partial charge is 0.307 e. The maximum absolute atomic E-state index is 12.6. The standard InChI is InChI=1S/C14H18F4N2O2S/c15-8-12-6-10-2-3-13(7-11(10)9-19-12)23(21,22)20-5-1-4-14(16,17)18/h2-3,7,12,19-20H,1,4-6,8-9H2. The maximum atomic E-state index is 12.6. The number of benzene rings is 1. The Labute approximate surface area is 132 Å². The van der Waals surface area contributed by atoms with E-state index in [2.05, 4.69) is 10.0 Å². The van der Waals surface area contributed by atoms with E-state index in [4.69, 9.17) is 0 Å². The normalized spacial score (nSPS) is 18.7. The van der Waals surface area contributed by atoms with Crippen LogP contribution in [0, 0.1) is 0 Å². The first-order valence-corrected chi connectivity index (χ1v) is 8.67. The van der Waals surface area contributed by atoms with Gasteiger partial charge >= 0.3 is 6.18 Å². The Balaban J connectivity index is 2.01. The molecule has 1 aliphatic rings. The summed E-state index contributed by atoms with van der Waals surface area (Å²) in [7, 11) is -3.85. The Morgan fingerprint density at radius 2 is 2.00 bits per heavy atom. The number of alkyl halides is 4. The van der Waals surface area contributed by atoms with Gasteiger partial charge in [-0.3, -0.25) is 0 Å². The minimum Gasteiger partial charge on any atom is -0.307 e. The summed E-state index contributed by atoms with van der Waals surface area (Å²) in [5.74, 6) is 0. The van der Waals surface area contributed by atoms with E-state index in [1.807, 2.05) is 0 Å².